The number of ether oxygens (including phenoxy) is 1. The summed E-state index contributed by atoms with van der Waals surface area (Å²) in [5.74, 6) is -0.248. The first-order chi connectivity index (χ1) is 14.8. The van der Waals surface area contributed by atoms with E-state index in [1.807, 2.05) is 25.1 Å². The summed E-state index contributed by atoms with van der Waals surface area (Å²) in [7, 11) is 5.57. The molecule has 166 valence electrons. The molecule has 1 fully saturated rings. The van der Waals surface area contributed by atoms with Crippen molar-refractivity contribution in [1.29, 1.82) is 0 Å². The maximum atomic E-state index is 12.5. The SMILES string of the molecule is CN(C)CCNC(=O)[C@H]1O[C@@H](n2cc(-c3ccn(C)n3)c3c(N)ncnc32)[C@H](O)[C@@H]1O. The van der Waals surface area contributed by atoms with Crippen molar-refractivity contribution in [2.45, 2.75) is 24.5 Å². The summed E-state index contributed by atoms with van der Waals surface area (Å²) in [5.41, 5.74) is 7.80. The Morgan fingerprint density at radius 3 is 2.77 bits per heavy atom. The quantitative estimate of drug-likeness (QED) is 0.374. The molecule has 0 saturated carbocycles. The van der Waals surface area contributed by atoms with Crippen LogP contribution in [0.2, 0.25) is 0 Å². The van der Waals surface area contributed by atoms with Gasteiger partial charge in [-0.15, -0.1) is 0 Å². The number of aromatic nitrogens is 5. The summed E-state index contributed by atoms with van der Waals surface area (Å²) in [6.07, 6.45) is -0.250. The van der Waals surface area contributed by atoms with Gasteiger partial charge in [0.05, 0.1) is 11.1 Å². The van der Waals surface area contributed by atoms with Crippen LogP contribution in [-0.4, -0.2) is 90.8 Å². The van der Waals surface area contributed by atoms with Crippen molar-refractivity contribution in [3.8, 4) is 11.3 Å². The molecule has 0 spiro atoms. The number of aryl methyl sites for hydroxylation is 1. The second kappa shape index (κ2) is 8.23. The fourth-order valence-corrected chi connectivity index (χ4v) is 3.66. The van der Waals surface area contributed by atoms with E-state index in [1.54, 1.807) is 28.7 Å². The Balaban J connectivity index is 1.67. The van der Waals surface area contributed by atoms with Gasteiger partial charge in [0.25, 0.3) is 5.91 Å². The Morgan fingerprint density at radius 1 is 1.32 bits per heavy atom. The molecule has 12 nitrogen and oxygen atoms in total. The summed E-state index contributed by atoms with van der Waals surface area (Å²) in [5, 5.41) is 28.8. The second-order valence-corrected chi connectivity index (χ2v) is 7.80. The molecule has 0 unspecified atom stereocenters. The lowest BCUT2D eigenvalue weighted by Crippen LogP contribution is -2.44. The summed E-state index contributed by atoms with van der Waals surface area (Å²) in [6, 6.07) is 1.81. The molecule has 4 atom stereocenters. The molecule has 0 radical (unpaired) electrons. The second-order valence-electron chi connectivity index (χ2n) is 7.80. The molecule has 0 aliphatic carbocycles. The number of nitrogens with zero attached hydrogens (tertiary/aromatic N) is 6. The molecule has 3 aromatic rings. The lowest BCUT2D eigenvalue weighted by Gasteiger charge is -2.17. The number of aliphatic hydroxyl groups excluding tert-OH is 2. The molecule has 4 heterocycles. The third-order valence-electron chi connectivity index (χ3n) is 5.26. The number of likely N-dealkylation sites (N-methyl/N-ethyl adjacent to an activating group) is 1. The number of amides is 1. The fourth-order valence-electron chi connectivity index (χ4n) is 3.66. The number of carbonyl (C=O) groups is 1. The molecule has 1 saturated heterocycles. The minimum atomic E-state index is -1.40. The average Bonchev–Trinajstić information content (AvgIpc) is 3.39. The van der Waals surface area contributed by atoms with Gasteiger partial charge in [0.1, 0.15) is 30.0 Å². The van der Waals surface area contributed by atoms with Gasteiger partial charge in [0.2, 0.25) is 0 Å². The maximum Gasteiger partial charge on any atom is 0.252 e. The molecule has 4 rings (SSSR count). The van der Waals surface area contributed by atoms with E-state index in [2.05, 4.69) is 20.4 Å². The number of nitrogens with one attached hydrogen (secondary N) is 1. The van der Waals surface area contributed by atoms with Crippen molar-refractivity contribution in [3.63, 3.8) is 0 Å². The maximum absolute atomic E-state index is 12.5. The first-order valence-corrected chi connectivity index (χ1v) is 9.83. The zero-order valence-corrected chi connectivity index (χ0v) is 17.5. The van der Waals surface area contributed by atoms with Crippen molar-refractivity contribution >= 4 is 22.8 Å². The Morgan fingerprint density at radius 2 is 2.10 bits per heavy atom. The average molecular weight is 430 g/mol. The van der Waals surface area contributed by atoms with Crippen LogP contribution < -0.4 is 11.1 Å². The topological polar surface area (TPSA) is 157 Å². The van der Waals surface area contributed by atoms with Crippen molar-refractivity contribution in [1.82, 2.24) is 34.5 Å². The Labute approximate surface area is 178 Å². The van der Waals surface area contributed by atoms with Crippen LogP contribution in [0.4, 0.5) is 5.82 Å². The van der Waals surface area contributed by atoms with Crippen molar-refractivity contribution in [2.24, 2.45) is 7.05 Å². The molecular formula is C19H26N8O4. The predicted octanol–water partition coefficient (Wildman–Crippen LogP) is -1.29. The standard InChI is InChI=1S/C19H26N8O4/c1-25(2)7-5-21-18(30)15-13(28)14(29)19(31-15)27-8-10(11-4-6-26(3)24-11)12-16(20)22-9-23-17(12)27/h4,6,8-9,13-15,19,28-29H,5,7H2,1-3H3,(H,21,30)(H2,20,22,23)/t13-,14+,15-,19+/m0/s1. The van der Waals surface area contributed by atoms with Gasteiger partial charge in [-0.05, 0) is 20.2 Å². The number of rotatable bonds is 6. The summed E-state index contributed by atoms with van der Waals surface area (Å²) < 4.78 is 9.01. The monoisotopic (exact) mass is 430 g/mol. The van der Waals surface area contributed by atoms with E-state index >= 15 is 0 Å². The molecular weight excluding hydrogens is 404 g/mol. The summed E-state index contributed by atoms with van der Waals surface area (Å²) in [4.78, 5) is 22.8. The number of nitrogens with two attached hydrogens (primary N) is 1. The first-order valence-electron chi connectivity index (χ1n) is 9.83. The van der Waals surface area contributed by atoms with E-state index in [-0.39, 0.29) is 5.82 Å². The van der Waals surface area contributed by atoms with E-state index in [4.69, 9.17) is 10.5 Å². The van der Waals surface area contributed by atoms with E-state index in [9.17, 15) is 15.0 Å². The van der Waals surface area contributed by atoms with Gasteiger partial charge in [-0.3, -0.25) is 9.48 Å². The van der Waals surface area contributed by atoms with Gasteiger partial charge in [-0.25, -0.2) is 9.97 Å². The van der Waals surface area contributed by atoms with E-state index < -0.39 is 30.4 Å². The van der Waals surface area contributed by atoms with E-state index in [1.165, 1.54) is 6.33 Å². The van der Waals surface area contributed by atoms with Gasteiger partial charge < -0.3 is 35.5 Å². The fraction of sp³-hybridized carbons (Fsp3) is 0.474. The molecule has 5 N–H and O–H groups in total. The highest BCUT2D eigenvalue weighted by Crippen LogP contribution is 2.37. The lowest BCUT2D eigenvalue weighted by atomic mass is 10.1. The zero-order chi connectivity index (χ0) is 22.3. The molecule has 0 bridgehead atoms. The van der Waals surface area contributed by atoms with Gasteiger partial charge in [0, 0.05) is 38.1 Å². The van der Waals surface area contributed by atoms with Gasteiger partial charge in [-0.1, -0.05) is 0 Å². The first kappa shape index (κ1) is 21.2. The molecule has 31 heavy (non-hydrogen) atoms. The minimum absolute atomic E-state index is 0.246. The van der Waals surface area contributed by atoms with Crippen LogP contribution >= 0.6 is 0 Å². The number of hydrogen-bond acceptors (Lipinski definition) is 9. The molecule has 1 aliphatic heterocycles. The summed E-state index contributed by atoms with van der Waals surface area (Å²) >= 11 is 0. The normalized spacial score (nSPS) is 23.7. The van der Waals surface area contributed by atoms with Gasteiger partial charge in [0.15, 0.2) is 12.3 Å². The number of fused-ring (bicyclic) bond motifs is 1. The van der Waals surface area contributed by atoms with Crippen molar-refractivity contribution in [2.75, 3.05) is 32.9 Å². The molecule has 12 heteroatoms. The molecule has 1 aliphatic rings. The molecule has 3 aromatic heterocycles. The van der Waals surface area contributed by atoms with Crippen LogP contribution in [0.5, 0.6) is 0 Å². The van der Waals surface area contributed by atoms with E-state index in [0.717, 1.165) is 0 Å². The highest BCUT2D eigenvalue weighted by atomic mass is 16.6. The lowest BCUT2D eigenvalue weighted by molar-refractivity contribution is -0.137. The largest absolute Gasteiger partial charge is 0.387 e. The van der Waals surface area contributed by atoms with E-state index in [0.29, 0.717) is 35.4 Å². The highest BCUT2D eigenvalue weighted by Gasteiger charge is 2.47. The summed E-state index contributed by atoms with van der Waals surface area (Å²) in [6.45, 7) is 1.02. The third kappa shape index (κ3) is 3.85. The number of anilines is 1. The molecule has 0 aromatic carbocycles. The predicted molar refractivity (Wildman–Crippen MR) is 112 cm³/mol. The number of aliphatic hydroxyl groups is 2. The zero-order valence-electron chi connectivity index (χ0n) is 17.5. The third-order valence-corrected chi connectivity index (χ3v) is 5.26. The van der Waals surface area contributed by atoms with Gasteiger partial charge in [-0.2, -0.15) is 5.10 Å². The number of nitrogen functional groups attached to an aromatic ring is 1. The van der Waals surface area contributed by atoms with Crippen LogP contribution in [0.15, 0.2) is 24.8 Å². The van der Waals surface area contributed by atoms with Crippen molar-refractivity contribution < 1.29 is 19.7 Å². The van der Waals surface area contributed by atoms with Crippen LogP contribution in [0, 0.1) is 0 Å². The van der Waals surface area contributed by atoms with Gasteiger partial charge >= 0.3 is 0 Å². The van der Waals surface area contributed by atoms with Crippen molar-refractivity contribution in [3.05, 3.63) is 24.8 Å². The number of hydrogen-bond donors (Lipinski definition) is 4. The van der Waals surface area contributed by atoms with Crippen LogP contribution in [-0.2, 0) is 16.6 Å². The van der Waals surface area contributed by atoms with Crippen LogP contribution in [0.25, 0.3) is 22.3 Å². The molecule has 1 amide bonds. The smallest absolute Gasteiger partial charge is 0.252 e. The number of carbonyl (C=O) groups excluding carboxylic acids is 1. The highest BCUT2D eigenvalue weighted by molar-refractivity contribution is 5.99. The Bertz CT molecular complexity index is 1090. The van der Waals surface area contributed by atoms with Crippen LogP contribution in [0.3, 0.4) is 0 Å². The minimum Gasteiger partial charge on any atom is -0.387 e. The Kier molecular flexibility index (Phi) is 5.62. The Hall–Kier alpha value is -3.06. The van der Waals surface area contributed by atoms with Crippen LogP contribution in [0.1, 0.15) is 6.23 Å².